The van der Waals surface area contributed by atoms with Crippen LogP contribution in [0.5, 0.6) is 5.75 Å². The zero-order valence-electron chi connectivity index (χ0n) is 12.6. The van der Waals surface area contributed by atoms with Crippen LogP contribution in [-0.4, -0.2) is 11.5 Å². The van der Waals surface area contributed by atoms with Gasteiger partial charge in [-0.05, 0) is 38.5 Å². The van der Waals surface area contributed by atoms with Crippen molar-refractivity contribution < 1.29 is 9.53 Å². The minimum atomic E-state index is -0.835. The average molecular weight is 281 g/mol. The summed E-state index contributed by atoms with van der Waals surface area (Å²) < 4.78 is 5.83. The summed E-state index contributed by atoms with van der Waals surface area (Å²) in [5.41, 5.74) is 2.32. The molecule has 1 aliphatic rings. The molecular formula is C18H19NO2. The lowest BCUT2D eigenvalue weighted by atomic mass is 10.0. The number of carbonyl (C=O) groups excluding carboxylic acids is 1. The Hall–Kier alpha value is -2.29. The van der Waals surface area contributed by atoms with Crippen LogP contribution in [0.1, 0.15) is 25.0 Å². The molecule has 0 aliphatic carbocycles. The second kappa shape index (κ2) is 4.92. The molecular weight excluding hydrogens is 262 g/mol. The summed E-state index contributed by atoms with van der Waals surface area (Å²) in [5, 5.41) is 0. The maximum absolute atomic E-state index is 12.7. The zero-order chi connectivity index (χ0) is 15.0. The average Bonchev–Trinajstić information content (AvgIpc) is 2.43. The van der Waals surface area contributed by atoms with Crippen molar-refractivity contribution in [2.45, 2.75) is 32.9 Å². The number of hydrogen-bond donors (Lipinski definition) is 0. The number of hydrogen-bond acceptors (Lipinski definition) is 2. The molecule has 1 heterocycles. The Morgan fingerprint density at radius 2 is 1.86 bits per heavy atom. The molecule has 0 fully saturated rings. The van der Waals surface area contributed by atoms with E-state index < -0.39 is 5.60 Å². The van der Waals surface area contributed by atoms with Gasteiger partial charge in [0.1, 0.15) is 5.75 Å². The number of aryl methyl sites for hydroxylation is 1. The fraction of sp³-hybridized carbons (Fsp3) is 0.278. The normalized spacial score (nSPS) is 16.3. The molecule has 0 radical (unpaired) electrons. The molecule has 0 saturated carbocycles. The molecule has 3 nitrogen and oxygen atoms in total. The third-order valence-electron chi connectivity index (χ3n) is 3.70. The third kappa shape index (κ3) is 2.51. The van der Waals surface area contributed by atoms with Gasteiger partial charge >= 0.3 is 0 Å². The smallest absolute Gasteiger partial charge is 0.271 e. The van der Waals surface area contributed by atoms with Gasteiger partial charge in [0.2, 0.25) is 0 Å². The summed E-state index contributed by atoms with van der Waals surface area (Å²) >= 11 is 0. The molecule has 0 aromatic heterocycles. The summed E-state index contributed by atoms with van der Waals surface area (Å²) in [4.78, 5) is 14.5. The van der Waals surface area contributed by atoms with Crippen LogP contribution in [0.3, 0.4) is 0 Å². The van der Waals surface area contributed by atoms with Crippen molar-refractivity contribution in [3.8, 4) is 5.75 Å². The van der Waals surface area contributed by atoms with Crippen molar-refractivity contribution in [1.82, 2.24) is 0 Å². The van der Waals surface area contributed by atoms with Gasteiger partial charge in [-0.1, -0.05) is 42.0 Å². The van der Waals surface area contributed by atoms with Gasteiger partial charge in [-0.25, -0.2) is 0 Å². The molecule has 1 amide bonds. The van der Waals surface area contributed by atoms with Crippen molar-refractivity contribution >= 4 is 11.6 Å². The van der Waals surface area contributed by atoms with Gasteiger partial charge in [-0.3, -0.25) is 4.79 Å². The van der Waals surface area contributed by atoms with Gasteiger partial charge in [0, 0.05) is 0 Å². The highest BCUT2D eigenvalue weighted by Crippen LogP contribution is 2.38. The number of nitrogens with zero attached hydrogens (tertiary/aromatic N) is 1. The number of para-hydroxylation sites is 2. The van der Waals surface area contributed by atoms with Crippen molar-refractivity contribution in [2.75, 3.05) is 4.90 Å². The molecule has 0 spiro atoms. The number of fused-ring (bicyclic) bond motifs is 1. The van der Waals surface area contributed by atoms with Gasteiger partial charge < -0.3 is 9.64 Å². The van der Waals surface area contributed by atoms with Crippen LogP contribution >= 0.6 is 0 Å². The van der Waals surface area contributed by atoms with Crippen LogP contribution in [0.2, 0.25) is 0 Å². The standard InChI is InChI=1S/C18H19NO2/c1-13-7-6-8-14(11-13)12-19-15-9-4-5-10-16(15)21-18(2,3)17(19)20/h4-11H,12H2,1-3H3. The highest BCUT2D eigenvalue weighted by atomic mass is 16.5. The summed E-state index contributed by atoms with van der Waals surface area (Å²) in [6.07, 6.45) is 0. The first-order valence-electron chi connectivity index (χ1n) is 7.13. The number of amides is 1. The van der Waals surface area contributed by atoms with Crippen molar-refractivity contribution in [3.05, 3.63) is 59.7 Å². The van der Waals surface area contributed by atoms with E-state index in [0.717, 1.165) is 17.0 Å². The van der Waals surface area contributed by atoms with Gasteiger partial charge in [0.15, 0.2) is 5.60 Å². The Labute approximate surface area is 125 Å². The van der Waals surface area contributed by atoms with Crippen molar-refractivity contribution in [2.24, 2.45) is 0 Å². The Morgan fingerprint density at radius 3 is 2.62 bits per heavy atom. The molecule has 0 atom stereocenters. The molecule has 2 aromatic rings. The Bertz CT molecular complexity index is 691. The fourth-order valence-corrected chi connectivity index (χ4v) is 2.67. The molecule has 3 heteroatoms. The van der Waals surface area contributed by atoms with Crippen LogP contribution < -0.4 is 9.64 Å². The molecule has 1 aliphatic heterocycles. The second-order valence-electron chi connectivity index (χ2n) is 5.96. The summed E-state index contributed by atoms with van der Waals surface area (Å²) in [6.45, 7) is 6.25. The SMILES string of the molecule is Cc1cccc(CN2C(=O)C(C)(C)Oc3ccccc32)c1. The van der Waals surface area contributed by atoms with Crippen LogP contribution in [0.15, 0.2) is 48.5 Å². The van der Waals surface area contributed by atoms with Gasteiger partial charge in [0.05, 0.1) is 12.2 Å². The van der Waals surface area contributed by atoms with Gasteiger partial charge in [-0.2, -0.15) is 0 Å². The van der Waals surface area contributed by atoms with E-state index in [0.29, 0.717) is 6.54 Å². The predicted molar refractivity (Wildman–Crippen MR) is 83.5 cm³/mol. The minimum Gasteiger partial charge on any atom is -0.476 e. The topological polar surface area (TPSA) is 29.5 Å². The number of rotatable bonds is 2. The van der Waals surface area contributed by atoms with E-state index in [1.54, 1.807) is 0 Å². The summed E-state index contributed by atoms with van der Waals surface area (Å²) in [5.74, 6) is 0.748. The third-order valence-corrected chi connectivity index (χ3v) is 3.70. The Kier molecular flexibility index (Phi) is 3.20. The van der Waals surface area contributed by atoms with E-state index in [4.69, 9.17) is 4.74 Å². The van der Waals surface area contributed by atoms with E-state index in [-0.39, 0.29) is 5.91 Å². The van der Waals surface area contributed by atoms with E-state index in [1.807, 2.05) is 55.1 Å². The molecule has 0 unspecified atom stereocenters. The molecule has 21 heavy (non-hydrogen) atoms. The number of carbonyl (C=O) groups is 1. The van der Waals surface area contributed by atoms with Crippen LogP contribution in [0.25, 0.3) is 0 Å². The van der Waals surface area contributed by atoms with Crippen molar-refractivity contribution in [3.63, 3.8) is 0 Å². The lowest BCUT2D eigenvalue weighted by Gasteiger charge is -2.38. The van der Waals surface area contributed by atoms with E-state index in [1.165, 1.54) is 5.56 Å². The maximum atomic E-state index is 12.7. The molecule has 3 rings (SSSR count). The monoisotopic (exact) mass is 281 g/mol. The van der Waals surface area contributed by atoms with Crippen LogP contribution in [0.4, 0.5) is 5.69 Å². The Balaban J connectivity index is 2.01. The zero-order valence-corrected chi connectivity index (χ0v) is 12.6. The summed E-state index contributed by atoms with van der Waals surface area (Å²) in [7, 11) is 0. The first-order valence-corrected chi connectivity index (χ1v) is 7.13. The van der Waals surface area contributed by atoms with E-state index in [2.05, 4.69) is 19.1 Å². The number of ether oxygens (including phenoxy) is 1. The first-order chi connectivity index (χ1) is 9.97. The molecule has 0 bridgehead atoms. The predicted octanol–water partition coefficient (Wildman–Crippen LogP) is 3.70. The summed E-state index contributed by atoms with van der Waals surface area (Å²) in [6, 6.07) is 15.9. The van der Waals surface area contributed by atoms with Crippen LogP contribution in [-0.2, 0) is 11.3 Å². The molecule has 108 valence electrons. The largest absolute Gasteiger partial charge is 0.476 e. The highest BCUT2D eigenvalue weighted by molar-refractivity contribution is 6.02. The lowest BCUT2D eigenvalue weighted by Crippen LogP contribution is -2.52. The minimum absolute atomic E-state index is 0.0114. The Morgan fingerprint density at radius 1 is 1.10 bits per heavy atom. The first kappa shape index (κ1) is 13.7. The van der Waals surface area contributed by atoms with Crippen molar-refractivity contribution in [1.29, 1.82) is 0 Å². The number of anilines is 1. The van der Waals surface area contributed by atoms with E-state index in [9.17, 15) is 4.79 Å². The lowest BCUT2D eigenvalue weighted by molar-refractivity contribution is -0.132. The highest BCUT2D eigenvalue weighted by Gasteiger charge is 2.40. The molecule has 0 N–H and O–H groups in total. The van der Waals surface area contributed by atoms with Gasteiger partial charge in [-0.15, -0.1) is 0 Å². The molecule has 0 saturated heterocycles. The van der Waals surface area contributed by atoms with Gasteiger partial charge in [0.25, 0.3) is 5.91 Å². The number of benzene rings is 2. The quantitative estimate of drug-likeness (QED) is 0.840. The second-order valence-corrected chi connectivity index (χ2v) is 5.96. The van der Waals surface area contributed by atoms with E-state index >= 15 is 0 Å². The fourth-order valence-electron chi connectivity index (χ4n) is 2.67. The molecule has 2 aromatic carbocycles. The maximum Gasteiger partial charge on any atom is 0.271 e. The van der Waals surface area contributed by atoms with Crippen LogP contribution in [0, 0.1) is 6.92 Å².